The molecule has 26 heavy (non-hydrogen) atoms. The molecule has 142 valence electrons. The minimum absolute atomic E-state index is 0.160. The van der Waals surface area contributed by atoms with Gasteiger partial charge in [-0.15, -0.1) is 0 Å². The zero-order valence-electron chi connectivity index (χ0n) is 15.9. The summed E-state index contributed by atoms with van der Waals surface area (Å²) in [7, 11) is 1.34. The Hall–Kier alpha value is -2.04. The van der Waals surface area contributed by atoms with Gasteiger partial charge < -0.3 is 15.0 Å². The van der Waals surface area contributed by atoms with E-state index in [2.05, 4.69) is 40.4 Å². The van der Waals surface area contributed by atoms with Gasteiger partial charge in [-0.25, -0.2) is 4.79 Å². The zero-order chi connectivity index (χ0) is 18.6. The summed E-state index contributed by atoms with van der Waals surface area (Å²) in [5.74, 6) is 0.672. The molecule has 0 radical (unpaired) electrons. The van der Waals surface area contributed by atoms with E-state index in [0.717, 1.165) is 19.5 Å². The molecule has 1 N–H and O–H groups in total. The van der Waals surface area contributed by atoms with Gasteiger partial charge in [0.2, 0.25) is 5.91 Å². The van der Waals surface area contributed by atoms with E-state index in [-0.39, 0.29) is 11.8 Å². The molecule has 0 aromatic heterocycles. The van der Waals surface area contributed by atoms with E-state index in [4.69, 9.17) is 0 Å². The number of carbonyl (C=O) groups is 2. The maximum Gasteiger partial charge on any atom is 0.406 e. The van der Waals surface area contributed by atoms with E-state index in [1.807, 2.05) is 11.8 Å². The Balaban J connectivity index is 1.47. The van der Waals surface area contributed by atoms with Crippen molar-refractivity contribution in [2.75, 3.05) is 26.7 Å². The number of hydrogen-bond donors (Lipinski definition) is 1. The minimum Gasteiger partial charge on any atom is -0.453 e. The highest BCUT2D eigenvalue weighted by Gasteiger charge is 2.47. The van der Waals surface area contributed by atoms with Crippen LogP contribution in [0.25, 0.3) is 0 Å². The Morgan fingerprint density at radius 1 is 1.23 bits per heavy atom. The number of benzene rings is 1. The SMILES string of the molecule is CC[C@H](CNC(=O)OC)C(=O)N1CC2(CCC(c3ccccc3)CC2)C1. The Morgan fingerprint density at radius 2 is 1.88 bits per heavy atom. The van der Waals surface area contributed by atoms with Crippen LogP contribution < -0.4 is 5.32 Å². The molecule has 1 saturated heterocycles. The lowest BCUT2D eigenvalue weighted by Gasteiger charge is -2.54. The molecule has 1 atom stereocenters. The van der Waals surface area contributed by atoms with Crippen LogP contribution in [-0.2, 0) is 9.53 Å². The molecule has 0 unspecified atom stereocenters. The minimum atomic E-state index is -0.476. The molecule has 2 amide bonds. The number of carbonyl (C=O) groups excluding carboxylic acids is 2. The normalized spacial score (nSPS) is 20.3. The average molecular weight is 358 g/mol. The van der Waals surface area contributed by atoms with E-state index < -0.39 is 6.09 Å². The van der Waals surface area contributed by atoms with Gasteiger partial charge >= 0.3 is 6.09 Å². The summed E-state index contributed by atoms with van der Waals surface area (Å²) < 4.78 is 4.59. The van der Waals surface area contributed by atoms with Gasteiger partial charge in [-0.05, 0) is 43.6 Å². The first-order chi connectivity index (χ1) is 12.6. The third-order valence-corrected chi connectivity index (χ3v) is 6.20. The second-order valence-electron chi connectivity index (χ2n) is 7.86. The van der Waals surface area contributed by atoms with Crippen molar-refractivity contribution in [2.24, 2.45) is 11.3 Å². The van der Waals surface area contributed by atoms with Gasteiger partial charge in [-0.1, -0.05) is 37.3 Å². The van der Waals surface area contributed by atoms with Crippen molar-refractivity contribution in [1.29, 1.82) is 0 Å². The number of amides is 2. The van der Waals surface area contributed by atoms with Crippen LogP contribution in [-0.4, -0.2) is 43.6 Å². The van der Waals surface area contributed by atoms with Crippen LogP contribution in [0.5, 0.6) is 0 Å². The molecule has 5 nitrogen and oxygen atoms in total. The fraction of sp³-hybridized carbons (Fsp3) is 0.619. The lowest BCUT2D eigenvalue weighted by molar-refractivity contribution is -0.150. The van der Waals surface area contributed by atoms with Crippen molar-refractivity contribution in [3.8, 4) is 0 Å². The number of nitrogens with one attached hydrogen (secondary N) is 1. The highest BCUT2D eigenvalue weighted by atomic mass is 16.5. The highest BCUT2D eigenvalue weighted by Crippen LogP contribution is 2.48. The van der Waals surface area contributed by atoms with Crippen molar-refractivity contribution < 1.29 is 14.3 Å². The molecule has 3 rings (SSSR count). The molecule has 1 aliphatic carbocycles. The molecule has 2 fully saturated rings. The number of nitrogens with zero attached hydrogens (tertiary/aromatic N) is 1. The van der Waals surface area contributed by atoms with Crippen molar-refractivity contribution in [1.82, 2.24) is 10.2 Å². The van der Waals surface area contributed by atoms with Crippen molar-refractivity contribution >= 4 is 12.0 Å². The van der Waals surface area contributed by atoms with Gasteiger partial charge in [-0.3, -0.25) is 4.79 Å². The first-order valence-corrected chi connectivity index (χ1v) is 9.72. The van der Waals surface area contributed by atoms with E-state index in [0.29, 0.717) is 17.9 Å². The summed E-state index contributed by atoms with van der Waals surface area (Å²) in [5, 5.41) is 2.65. The van der Waals surface area contributed by atoms with Crippen LogP contribution in [0.1, 0.15) is 50.5 Å². The summed E-state index contributed by atoms with van der Waals surface area (Å²) in [5.41, 5.74) is 1.78. The smallest absolute Gasteiger partial charge is 0.406 e. The number of alkyl carbamates (subject to hydrolysis) is 1. The first-order valence-electron chi connectivity index (χ1n) is 9.72. The number of hydrogen-bond acceptors (Lipinski definition) is 3. The molecular formula is C21H30N2O3. The maximum absolute atomic E-state index is 12.7. The first kappa shape index (κ1) is 18.7. The highest BCUT2D eigenvalue weighted by molar-refractivity contribution is 5.80. The molecule has 1 spiro atoms. The van der Waals surface area contributed by atoms with Crippen LogP contribution in [0, 0.1) is 11.3 Å². The van der Waals surface area contributed by atoms with Crippen LogP contribution >= 0.6 is 0 Å². The molecular weight excluding hydrogens is 328 g/mol. The Labute approximate surface area is 156 Å². The Morgan fingerprint density at radius 3 is 2.46 bits per heavy atom. The van der Waals surface area contributed by atoms with Gasteiger partial charge in [0.25, 0.3) is 0 Å². The average Bonchev–Trinajstić information content (AvgIpc) is 2.67. The van der Waals surface area contributed by atoms with Gasteiger partial charge in [0.15, 0.2) is 0 Å². The summed E-state index contributed by atoms with van der Waals surface area (Å²) in [6, 6.07) is 10.8. The van der Waals surface area contributed by atoms with Crippen molar-refractivity contribution in [3.05, 3.63) is 35.9 Å². The number of likely N-dealkylation sites (tertiary alicyclic amines) is 1. The predicted molar refractivity (Wildman–Crippen MR) is 101 cm³/mol. The van der Waals surface area contributed by atoms with Crippen molar-refractivity contribution in [2.45, 2.75) is 44.9 Å². The summed E-state index contributed by atoms with van der Waals surface area (Å²) in [6.07, 6.45) is 5.08. The van der Waals surface area contributed by atoms with E-state index >= 15 is 0 Å². The summed E-state index contributed by atoms with van der Waals surface area (Å²) in [6.45, 7) is 4.09. The molecule has 1 aromatic carbocycles. The summed E-state index contributed by atoms with van der Waals surface area (Å²) in [4.78, 5) is 25.9. The van der Waals surface area contributed by atoms with Crippen LogP contribution in [0.3, 0.4) is 0 Å². The molecule has 1 heterocycles. The Kier molecular flexibility index (Phi) is 5.84. The topological polar surface area (TPSA) is 58.6 Å². The van der Waals surface area contributed by atoms with E-state index in [9.17, 15) is 9.59 Å². The van der Waals surface area contributed by atoms with E-state index in [1.165, 1.54) is 38.4 Å². The van der Waals surface area contributed by atoms with Crippen LogP contribution in [0.4, 0.5) is 4.79 Å². The number of rotatable bonds is 5. The zero-order valence-corrected chi connectivity index (χ0v) is 15.9. The van der Waals surface area contributed by atoms with Gasteiger partial charge in [0, 0.05) is 25.0 Å². The van der Waals surface area contributed by atoms with Gasteiger partial charge in [0.05, 0.1) is 13.0 Å². The quantitative estimate of drug-likeness (QED) is 0.876. The molecule has 0 bridgehead atoms. The second kappa shape index (κ2) is 8.11. The largest absolute Gasteiger partial charge is 0.453 e. The molecule has 5 heteroatoms. The molecule has 1 aliphatic heterocycles. The van der Waals surface area contributed by atoms with Crippen molar-refractivity contribution in [3.63, 3.8) is 0 Å². The fourth-order valence-electron chi connectivity index (χ4n) is 4.47. The third kappa shape index (κ3) is 4.02. The van der Waals surface area contributed by atoms with Crippen LogP contribution in [0.15, 0.2) is 30.3 Å². The predicted octanol–water partition coefficient (Wildman–Crippen LogP) is 3.56. The molecule has 1 saturated carbocycles. The van der Waals surface area contributed by atoms with E-state index in [1.54, 1.807) is 0 Å². The lowest BCUT2D eigenvalue weighted by atomic mass is 9.64. The number of ether oxygens (including phenoxy) is 1. The van der Waals surface area contributed by atoms with Gasteiger partial charge in [-0.2, -0.15) is 0 Å². The fourth-order valence-corrected chi connectivity index (χ4v) is 4.47. The molecule has 1 aromatic rings. The lowest BCUT2D eigenvalue weighted by Crippen LogP contribution is -2.61. The third-order valence-electron chi connectivity index (χ3n) is 6.20. The number of methoxy groups -OCH3 is 1. The molecule has 2 aliphatic rings. The maximum atomic E-state index is 12.7. The van der Waals surface area contributed by atoms with Gasteiger partial charge in [0.1, 0.15) is 0 Å². The summed E-state index contributed by atoms with van der Waals surface area (Å²) >= 11 is 0. The monoisotopic (exact) mass is 358 g/mol. The Bertz CT molecular complexity index is 615. The second-order valence-corrected chi connectivity index (χ2v) is 7.86. The van der Waals surface area contributed by atoms with Crippen LogP contribution in [0.2, 0.25) is 0 Å². The standard InChI is InChI=1S/C21H30N2O3/c1-3-16(13-22-20(25)26-2)19(24)23-14-21(15-23)11-9-18(10-12-21)17-7-5-4-6-8-17/h4-8,16,18H,3,9-15H2,1-2H3,(H,22,25)/t16-/m1/s1.